The molecule has 0 radical (unpaired) electrons. The maximum absolute atomic E-state index is 12.9. The minimum Gasteiger partial charge on any atom is -0.497 e. The minimum atomic E-state index is -0.105. The summed E-state index contributed by atoms with van der Waals surface area (Å²) in [6, 6.07) is 13.2. The molecular formula is C21H20N4O3S. The van der Waals surface area contributed by atoms with E-state index in [-0.39, 0.29) is 5.56 Å². The maximum Gasteiger partial charge on any atom is 0.263 e. The first-order chi connectivity index (χ1) is 14.2. The van der Waals surface area contributed by atoms with E-state index in [0.717, 1.165) is 22.6 Å². The molecule has 0 bridgehead atoms. The molecule has 0 saturated heterocycles. The summed E-state index contributed by atoms with van der Waals surface area (Å²) in [5, 5.41) is 9.95. The number of hydrogen-bond donors (Lipinski definition) is 0. The summed E-state index contributed by atoms with van der Waals surface area (Å²) in [6.07, 6.45) is 1.68. The van der Waals surface area contributed by atoms with Gasteiger partial charge in [0.25, 0.3) is 5.56 Å². The monoisotopic (exact) mass is 408 g/mol. The van der Waals surface area contributed by atoms with Crippen molar-refractivity contribution in [1.82, 2.24) is 19.2 Å². The molecule has 0 N–H and O–H groups in total. The second-order valence-electron chi connectivity index (χ2n) is 6.31. The highest BCUT2D eigenvalue weighted by atomic mass is 32.2. The van der Waals surface area contributed by atoms with Crippen LogP contribution in [0.15, 0.2) is 65.1 Å². The molecule has 0 spiro atoms. The fourth-order valence-corrected chi connectivity index (χ4v) is 4.18. The molecule has 0 unspecified atom stereocenters. The van der Waals surface area contributed by atoms with Gasteiger partial charge in [-0.3, -0.25) is 13.8 Å². The molecule has 2 heterocycles. The largest absolute Gasteiger partial charge is 0.497 e. The van der Waals surface area contributed by atoms with Gasteiger partial charge in [-0.1, -0.05) is 30.0 Å². The Morgan fingerprint density at radius 1 is 1.14 bits per heavy atom. The molecule has 0 fully saturated rings. The Bertz CT molecular complexity index is 1260. The van der Waals surface area contributed by atoms with E-state index in [9.17, 15) is 4.79 Å². The number of aromatic nitrogens is 4. The Morgan fingerprint density at radius 2 is 1.97 bits per heavy atom. The third kappa shape index (κ3) is 3.36. The summed E-state index contributed by atoms with van der Waals surface area (Å²) >= 11 is 1.52. The molecule has 29 heavy (non-hydrogen) atoms. The molecule has 0 aliphatic heterocycles. The lowest BCUT2D eigenvalue weighted by Gasteiger charge is -2.11. The van der Waals surface area contributed by atoms with Gasteiger partial charge in [0.1, 0.15) is 11.5 Å². The number of ether oxygens (including phenoxy) is 2. The van der Waals surface area contributed by atoms with Crippen molar-refractivity contribution in [2.24, 2.45) is 0 Å². The lowest BCUT2D eigenvalue weighted by atomic mass is 10.2. The average molecular weight is 408 g/mol. The average Bonchev–Trinajstić information content (AvgIpc) is 3.19. The lowest BCUT2D eigenvalue weighted by molar-refractivity contribution is 0.400. The van der Waals surface area contributed by atoms with Crippen LogP contribution in [0.2, 0.25) is 0 Å². The highest BCUT2D eigenvalue weighted by molar-refractivity contribution is 7.98. The predicted molar refractivity (Wildman–Crippen MR) is 114 cm³/mol. The number of fused-ring (bicyclic) bond motifs is 3. The Kier molecular flexibility index (Phi) is 5.26. The van der Waals surface area contributed by atoms with Crippen LogP contribution in [0.25, 0.3) is 16.7 Å². The Hall–Kier alpha value is -3.26. The molecule has 4 rings (SSSR count). The van der Waals surface area contributed by atoms with Gasteiger partial charge in [0, 0.05) is 17.9 Å². The number of thioether (sulfide) groups is 1. The van der Waals surface area contributed by atoms with Crippen LogP contribution in [0.4, 0.5) is 0 Å². The fourth-order valence-electron chi connectivity index (χ4n) is 3.26. The molecule has 0 aliphatic rings. The first-order valence-electron chi connectivity index (χ1n) is 8.99. The van der Waals surface area contributed by atoms with Crippen LogP contribution in [-0.4, -0.2) is 33.4 Å². The smallest absolute Gasteiger partial charge is 0.263 e. The van der Waals surface area contributed by atoms with E-state index in [1.54, 1.807) is 24.9 Å². The maximum atomic E-state index is 12.9. The number of rotatable bonds is 7. The molecule has 148 valence electrons. The summed E-state index contributed by atoms with van der Waals surface area (Å²) < 4.78 is 14.3. The molecule has 2 aromatic carbocycles. The van der Waals surface area contributed by atoms with E-state index in [1.165, 1.54) is 11.8 Å². The van der Waals surface area contributed by atoms with Gasteiger partial charge in [-0.25, -0.2) is 0 Å². The van der Waals surface area contributed by atoms with E-state index in [0.29, 0.717) is 28.6 Å². The second-order valence-corrected chi connectivity index (χ2v) is 7.25. The summed E-state index contributed by atoms with van der Waals surface area (Å²) in [7, 11) is 3.28. The van der Waals surface area contributed by atoms with Crippen molar-refractivity contribution in [2.45, 2.75) is 17.5 Å². The predicted octanol–water partition coefficient (Wildman–Crippen LogP) is 3.54. The Morgan fingerprint density at radius 3 is 2.72 bits per heavy atom. The highest BCUT2D eigenvalue weighted by Gasteiger charge is 2.17. The van der Waals surface area contributed by atoms with Crippen molar-refractivity contribution < 1.29 is 9.47 Å². The van der Waals surface area contributed by atoms with Crippen LogP contribution >= 0.6 is 11.8 Å². The van der Waals surface area contributed by atoms with Crippen LogP contribution in [-0.2, 0) is 12.3 Å². The zero-order chi connectivity index (χ0) is 20.4. The fraction of sp³-hybridized carbons (Fsp3) is 0.190. The molecule has 7 nitrogen and oxygen atoms in total. The van der Waals surface area contributed by atoms with Gasteiger partial charge in [0.05, 0.1) is 25.1 Å². The van der Waals surface area contributed by atoms with Crippen molar-refractivity contribution in [3.05, 3.63) is 71.0 Å². The van der Waals surface area contributed by atoms with Crippen LogP contribution in [0, 0.1) is 0 Å². The second kappa shape index (κ2) is 8.00. The van der Waals surface area contributed by atoms with Crippen molar-refractivity contribution in [1.29, 1.82) is 0 Å². The first kappa shape index (κ1) is 19.1. The molecule has 0 saturated carbocycles. The van der Waals surface area contributed by atoms with Gasteiger partial charge < -0.3 is 9.47 Å². The molecule has 0 amide bonds. The Balaban J connectivity index is 1.82. The van der Waals surface area contributed by atoms with E-state index < -0.39 is 0 Å². The molecule has 0 aliphatic carbocycles. The van der Waals surface area contributed by atoms with Crippen LogP contribution in [0.5, 0.6) is 11.5 Å². The van der Waals surface area contributed by atoms with Crippen LogP contribution in [0.1, 0.15) is 5.56 Å². The quantitative estimate of drug-likeness (QED) is 0.344. The number of nitrogens with zero attached hydrogens (tertiary/aromatic N) is 4. The normalized spacial score (nSPS) is 11.1. The summed E-state index contributed by atoms with van der Waals surface area (Å²) in [5.41, 5.74) is 1.65. The van der Waals surface area contributed by atoms with Gasteiger partial charge in [-0.2, -0.15) is 0 Å². The molecular weight excluding hydrogens is 388 g/mol. The van der Waals surface area contributed by atoms with E-state index in [2.05, 4.69) is 16.8 Å². The number of allylic oxidation sites excluding steroid dienone is 1. The summed E-state index contributed by atoms with van der Waals surface area (Å²) in [6.45, 7) is 4.11. The van der Waals surface area contributed by atoms with E-state index in [1.807, 2.05) is 46.9 Å². The van der Waals surface area contributed by atoms with Gasteiger partial charge in [-0.15, -0.1) is 16.8 Å². The molecule has 8 heteroatoms. The molecule has 2 aromatic heterocycles. The zero-order valence-corrected chi connectivity index (χ0v) is 17.0. The lowest BCUT2D eigenvalue weighted by Crippen LogP contribution is -2.22. The van der Waals surface area contributed by atoms with Crippen LogP contribution in [0.3, 0.4) is 0 Å². The van der Waals surface area contributed by atoms with Gasteiger partial charge in [0.2, 0.25) is 5.78 Å². The van der Waals surface area contributed by atoms with Gasteiger partial charge in [-0.05, 0) is 30.3 Å². The van der Waals surface area contributed by atoms with Gasteiger partial charge in [0.15, 0.2) is 5.16 Å². The number of benzene rings is 2. The van der Waals surface area contributed by atoms with Crippen molar-refractivity contribution in [3.63, 3.8) is 0 Å². The number of hydrogen-bond acceptors (Lipinski definition) is 6. The SMILES string of the molecule is C=CCn1c(=O)c2ccccc2n2c(SCc3cc(OC)ccc3OC)nnc12. The first-order valence-corrected chi connectivity index (χ1v) is 9.97. The number of methoxy groups -OCH3 is 2. The third-order valence-corrected chi connectivity index (χ3v) is 5.61. The topological polar surface area (TPSA) is 70.7 Å². The zero-order valence-electron chi connectivity index (χ0n) is 16.2. The van der Waals surface area contributed by atoms with E-state index >= 15 is 0 Å². The van der Waals surface area contributed by atoms with Gasteiger partial charge >= 0.3 is 0 Å². The minimum absolute atomic E-state index is 0.105. The van der Waals surface area contributed by atoms with Crippen molar-refractivity contribution in [2.75, 3.05) is 14.2 Å². The Labute approximate surface area is 171 Å². The van der Waals surface area contributed by atoms with Crippen molar-refractivity contribution >= 4 is 28.4 Å². The molecule has 4 aromatic rings. The standard InChI is InChI=1S/C21H20N4O3S/c1-4-11-24-19(26)16-7-5-6-8-17(16)25-20(24)22-23-21(25)29-13-14-12-15(27-2)9-10-18(14)28-3/h4-10,12H,1,11,13H2,2-3H3. The summed E-state index contributed by atoms with van der Waals surface area (Å²) in [4.78, 5) is 12.9. The third-order valence-electron chi connectivity index (χ3n) is 4.63. The molecule has 0 atom stereocenters. The number of para-hydroxylation sites is 1. The van der Waals surface area contributed by atoms with Crippen molar-refractivity contribution in [3.8, 4) is 11.5 Å². The van der Waals surface area contributed by atoms with E-state index in [4.69, 9.17) is 9.47 Å². The summed E-state index contributed by atoms with van der Waals surface area (Å²) in [5.74, 6) is 2.64. The highest BCUT2D eigenvalue weighted by Crippen LogP contribution is 2.31. The van der Waals surface area contributed by atoms with Crippen LogP contribution < -0.4 is 15.0 Å².